The van der Waals surface area contributed by atoms with Crippen LogP contribution in [-0.4, -0.2) is 30.2 Å². The molecule has 0 radical (unpaired) electrons. The second-order valence-corrected chi connectivity index (χ2v) is 6.64. The van der Waals surface area contributed by atoms with Crippen LogP contribution in [-0.2, 0) is 11.3 Å². The Morgan fingerprint density at radius 2 is 1.85 bits per heavy atom. The van der Waals surface area contributed by atoms with Gasteiger partial charge >= 0.3 is 0 Å². The van der Waals surface area contributed by atoms with E-state index in [1.54, 1.807) is 11.6 Å². The van der Waals surface area contributed by atoms with Gasteiger partial charge in [-0.05, 0) is 48.2 Å². The zero-order chi connectivity index (χ0) is 19.1. The quantitative estimate of drug-likeness (QED) is 0.416. The number of carbonyl (C=O) groups excluding carboxylic acids is 1. The van der Waals surface area contributed by atoms with Crippen LogP contribution in [0.1, 0.15) is 24.0 Å². The Morgan fingerprint density at radius 3 is 2.56 bits per heavy atom. The van der Waals surface area contributed by atoms with Gasteiger partial charge in [0.15, 0.2) is 0 Å². The third-order valence-electron chi connectivity index (χ3n) is 4.80. The number of hydrogen-bond acceptors (Lipinski definition) is 4. The normalized spacial score (nSPS) is 15.3. The molecule has 1 saturated heterocycles. The summed E-state index contributed by atoms with van der Waals surface area (Å²) >= 11 is 0. The van der Waals surface area contributed by atoms with Gasteiger partial charge in [-0.1, -0.05) is 30.3 Å². The van der Waals surface area contributed by atoms with Gasteiger partial charge in [-0.15, -0.1) is 0 Å². The van der Waals surface area contributed by atoms with Gasteiger partial charge in [-0.2, -0.15) is 0 Å². The van der Waals surface area contributed by atoms with E-state index < -0.39 is 5.91 Å². The highest BCUT2D eigenvalue weighted by atomic mass is 19.1. The van der Waals surface area contributed by atoms with Crippen molar-refractivity contribution >= 4 is 17.7 Å². The van der Waals surface area contributed by atoms with Crippen LogP contribution in [0, 0.1) is 5.82 Å². The van der Waals surface area contributed by atoms with Gasteiger partial charge in [-0.25, -0.2) is 9.87 Å². The number of benzene rings is 2. The van der Waals surface area contributed by atoms with Crippen LogP contribution >= 0.6 is 0 Å². The van der Waals surface area contributed by atoms with E-state index in [0.717, 1.165) is 49.3 Å². The molecular formula is C21H24FN3O2. The Bertz CT molecular complexity index is 784. The topological polar surface area (TPSA) is 64.6 Å². The summed E-state index contributed by atoms with van der Waals surface area (Å²) in [5.41, 5.74) is 4.71. The molecule has 0 bridgehead atoms. The summed E-state index contributed by atoms with van der Waals surface area (Å²) < 4.78 is 13.0. The Labute approximate surface area is 158 Å². The van der Waals surface area contributed by atoms with Crippen LogP contribution in [0.15, 0.2) is 54.6 Å². The van der Waals surface area contributed by atoms with E-state index in [2.05, 4.69) is 10.2 Å². The highest BCUT2D eigenvalue weighted by Gasteiger charge is 2.20. The van der Waals surface area contributed by atoms with E-state index in [9.17, 15) is 9.18 Å². The van der Waals surface area contributed by atoms with E-state index in [1.165, 1.54) is 18.2 Å². The number of anilines is 1. The van der Waals surface area contributed by atoms with E-state index in [1.807, 2.05) is 36.4 Å². The average molecular weight is 369 g/mol. The number of piperidine rings is 1. The van der Waals surface area contributed by atoms with Gasteiger partial charge in [0.25, 0.3) is 5.91 Å². The number of hydrogen-bond donors (Lipinski definition) is 3. The Kier molecular flexibility index (Phi) is 6.57. The molecule has 3 N–H and O–H groups in total. The van der Waals surface area contributed by atoms with Crippen molar-refractivity contribution in [2.45, 2.75) is 25.4 Å². The zero-order valence-corrected chi connectivity index (χ0v) is 15.1. The molecule has 1 aliphatic rings. The van der Waals surface area contributed by atoms with Crippen LogP contribution in [0.3, 0.4) is 0 Å². The lowest BCUT2D eigenvalue weighted by Gasteiger charge is -2.35. The molecular weight excluding hydrogens is 345 g/mol. The summed E-state index contributed by atoms with van der Waals surface area (Å²) in [6.45, 7) is 2.57. The second kappa shape index (κ2) is 9.30. The van der Waals surface area contributed by atoms with Crippen molar-refractivity contribution < 1.29 is 14.4 Å². The van der Waals surface area contributed by atoms with Crippen LogP contribution in [0.2, 0.25) is 0 Å². The minimum absolute atomic E-state index is 0.212. The molecule has 0 unspecified atom stereocenters. The Morgan fingerprint density at radius 1 is 1.15 bits per heavy atom. The molecule has 3 rings (SSSR count). The summed E-state index contributed by atoms with van der Waals surface area (Å²) in [6.07, 6.45) is 5.04. The summed E-state index contributed by atoms with van der Waals surface area (Å²) in [6, 6.07) is 14.9. The molecule has 2 aromatic rings. The third kappa shape index (κ3) is 5.39. The molecule has 1 amide bonds. The van der Waals surface area contributed by atoms with Crippen LogP contribution in [0.5, 0.6) is 0 Å². The number of amides is 1. The maximum atomic E-state index is 13.0. The fourth-order valence-corrected chi connectivity index (χ4v) is 3.31. The van der Waals surface area contributed by atoms with Crippen molar-refractivity contribution in [2.75, 3.05) is 18.0 Å². The van der Waals surface area contributed by atoms with Gasteiger partial charge in [-0.3, -0.25) is 10.0 Å². The smallest absolute Gasteiger partial charge is 0.267 e. The fourth-order valence-electron chi connectivity index (χ4n) is 3.31. The van der Waals surface area contributed by atoms with Crippen LogP contribution < -0.4 is 15.7 Å². The molecule has 142 valence electrons. The highest BCUT2D eigenvalue weighted by Crippen LogP contribution is 2.25. The summed E-state index contributed by atoms with van der Waals surface area (Å²) in [5.74, 6) is -0.759. The first-order chi connectivity index (χ1) is 13.2. The monoisotopic (exact) mass is 369 g/mol. The standard InChI is InChI=1S/C21H24FN3O2/c22-18-8-5-16(6-9-18)15-23-19-11-13-25(14-12-19)20-4-2-1-3-17(20)7-10-21(26)24-27/h1-10,19,23,27H,11-15H2,(H,24,26). The predicted molar refractivity (Wildman–Crippen MR) is 104 cm³/mol. The Hall–Kier alpha value is -2.70. The van der Waals surface area contributed by atoms with E-state index in [0.29, 0.717) is 6.04 Å². The molecule has 6 heteroatoms. The van der Waals surface area contributed by atoms with Crippen molar-refractivity contribution in [2.24, 2.45) is 0 Å². The number of hydroxylamine groups is 1. The zero-order valence-electron chi connectivity index (χ0n) is 15.1. The molecule has 0 atom stereocenters. The van der Waals surface area contributed by atoms with Crippen LogP contribution in [0.4, 0.5) is 10.1 Å². The van der Waals surface area contributed by atoms with E-state index in [-0.39, 0.29) is 5.82 Å². The van der Waals surface area contributed by atoms with Crippen molar-refractivity contribution in [3.63, 3.8) is 0 Å². The lowest BCUT2D eigenvalue weighted by atomic mass is 10.0. The lowest BCUT2D eigenvalue weighted by Crippen LogP contribution is -2.42. The Balaban J connectivity index is 1.55. The molecule has 0 saturated carbocycles. The average Bonchev–Trinajstić information content (AvgIpc) is 2.72. The molecule has 0 aromatic heterocycles. The number of para-hydroxylation sites is 1. The summed E-state index contributed by atoms with van der Waals surface area (Å²) in [5, 5.41) is 12.2. The third-order valence-corrected chi connectivity index (χ3v) is 4.80. The van der Waals surface area contributed by atoms with Gasteiger partial charge in [0.05, 0.1) is 0 Å². The van der Waals surface area contributed by atoms with Crippen molar-refractivity contribution in [1.29, 1.82) is 0 Å². The number of nitrogens with one attached hydrogen (secondary N) is 2. The van der Waals surface area contributed by atoms with Crippen LogP contribution in [0.25, 0.3) is 6.08 Å². The van der Waals surface area contributed by atoms with Crippen molar-refractivity contribution in [3.05, 3.63) is 71.6 Å². The minimum Gasteiger partial charge on any atom is -0.371 e. The van der Waals surface area contributed by atoms with Gasteiger partial charge in [0.2, 0.25) is 0 Å². The first-order valence-electron chi connectivity index (χ1n) is 9.09. The second-order valence-electron chi connectivity index (χ2n) is 6.64. The van der Waals surface area contributed by atoms with Gasteiger partial charge in [0, 0.05) is 37.4 Å². The molecule has 1 heterocycles. The van der Waals surface area contributed by atoms with E-state index in [4.69, 9.17) is 5.21 Å². The first kappa shape index (κ1) is 19.1. The number of halogens is 1. The van der Waals surface area contributed by atoms with Gasteiger partial charge < -0.3 is 10.2 Å². The van der Waals surface area contributed by atoms with E-state index >= 15 is 0 Å². The first-order valence-corrected chi connectivity index (χ1v) is 9.09. The number of carbonyl (C=O) groups is 1. The maximum absolute atomic E-state index is 13.0. The predicted octanol–water partition coefficient (Wildman–Crippen LogP) is 3.10. The number of nitrogens with zero attached hydrogens (tertiary/aromatic N) is 1. The fraction of sp³-hybridized carbons (Fsp3) is 0.286. The number of rotatable bonds is 6. The van der Waals surface area contributed by atoms with Crippen molar-refractivity contribution in [1.82, 2.24) is 10.8 Å². The molecule has 1 fully saturated rings. The lowest BCUT2D eigenvalue weighted by molar-refractivity contribution is -0.124. The summed E-state index contributed by atoms with van der Waals surface area (Å²) in [4.78, 5) is 13.5. The van der Waals surface area contributed by atoms with Gasteiger partial charge in [0.1, 0.15) is 5.82 Å². The molecule has 1 aliphatic heterocycles. The molecule has 27 heavy (non-hydrogen) atoms. The maximum Gasteiger partial charge on any atom is 0.267 e. The SMILES string of the molecule is O=C(C=Cc1ccccc1N1CCC(NCc2ccc(F)cc2)CC1)NO. The minimum atomic E-state index is -0.548. The molecule has 2 aromatic carbocycles. The summed E-state index contributed by atoms with van der Waals surface area (Å²) in [7, 11) is 0. The molecule has 0 spiro atoms. The largest absolute Gasteiger partial charge is 0.371 e. The molecule has 5 nitrogen and oxygen atoms in total. The van der Waals surface area contributed by atoms with Crippen molar-refractivity contribution in [3.8, 4) is 0 Å². The molecule has 0 aliphatic carbocycles. The highest BCUT2D eigenvalue weighted by molar-refractivity contribution is 5.91.